The van der Waals surface area contributed by atoms with E-state index in [9.17, 15) is 9.59 Å². The molecule has 16 heavy (non-hydrogen) atoms. The van der Waals surface area contributed by atoms with Crippen molar-refractivity contribution in [2.45, 2.75) is 31.9 Å². The highest BCUT2D eigenvalue weighted by Crippen LogP contribution is 2.22. The Morgan fingerprint density at radius 3 is 2.44 bits per heavy atom. The van der Waals surface area contributed by atoms with E-state index < -0.39 is 8.56 Å². The average molecular weight is 245 g/mol. The molecule has 5 nitrogen and oxygen atoms in total. The molecule has 1 N–H and O–H groups in total. The van der Waals surface area contributed by atoms with Gasteiger partial charge >= 0.3 is 8.56 Å². The van der Waals surface area contributed by atoms with Gasteiger partial charge in [-0.1, -0.05) is 6.42 Å². The first kappa shape index (κ1) is 13.3. The molecule has 1 aliphatic rings. The highest BCUT2D eigenvalue weighted by molar-refractivity contribution is 6.65. The van der Waals surface area contributed by atoms with Gasteiger partial charge in [0.2, 0.25) is 11.8 Å². The van der Waals surface area contributed by atoms with E-state index in [4.69, 9.17) is 8.85 Å². The van der Waals surface area contributed by atoms with Crippen LogP contribution in [0.1, 0.15) is 19.3 Å². The smallest absolute Gasteiger partial charge is 0.334 e. The third kappa shape index (κ3) is 3.40. The van der Waals surface area contributed by atoms with E-state index in [-0.39, 0.29) is 17.7 Å². The molecule has 92 valence electrons. The van der Waals surface area contributed by atoms with Crippen LogP contribution < -0.4 is 5.32 Å². The van der Waals surface area contributed by atoms with Gasteiger partial charge < -0.3 is 8.85 Å². The topological polar surface area (TPSA) is 64.6 Å². The largest absolute Gasteiger partial charge is 0.398 e. The number of nitrogens with one attached hydrogen (secondary N) is 1. The normalized spacial score (nSPS) is 21.3. The quantitative estimate of drug-likeness (QED) is 0.555. The second kappa shape index (κ2) is 5.56. The SMILES string of the molecule is CO[Si](C)(CCCC1CC(=O)NC1=O)OC. The Hall–Kier alpha value is -0.723. The van der Waals surface area contributed by atoms with Gasteiger partial charge in [0.15, 0.2) is 0 Å². The lowest BCUT2D eigenvalue weighted by Crippen LogP contribution is -2.36. The Labute approximate surface area is 96.7 Å². The average Bonchev–Trinajstić information content (AvgIpc) is 2.57. The Kier molecular flexibility index (Phi) is 4.64. The van der Waals surface area contributed by atoms with E-state index in [0.717, 1.165) is 18.9 Å². The molecule has 0 saturated carbocycles. The van der Waals surface area contributed by atoms with Crippen LogP contribution in [0.5, 0.6) is 0 Å². The van der Waals surface area contributed by atoms with Gasteiger partial charge in [0.25, 0.3) is 0 Å². The molecule has 1 saturated heterocycles. The Balaban J connectivity index is 2.30. The summed E-state index contributed by atoms with van der Waals surface area (Å²) in [6.07, 6.45) is 1.92. The van der Waals surface area contributed by atoms with Crippen LogP contribution in [0.15, 0.2) is 0 Å². The number of amides is 2. The standard InChI is InChI=1S/C10H19NO4Si/c1-14-16(3,15-2)6-4-5-8-7-9(12)11-10(8)13/h8H,4-7H2,1-3H3,(H,11,12,13). The first-order chi connectivity index (χ1) is 7.50. The molecule has 0 radical (unpaired) electrons. The van der Waals surface area contributed by atoms with Gasteiger partial charge in [-0.3, -0.25) is 14.9 Å². The lowest BCUT2D eigenvalue weighted by molar-refractivity contribution is -0.125. The lowest BCUT2D eigenvalue weighted by Gasteiger charge is -2.22. The van der Waals surface area contributed by atoms with Crippen molar-refractivity contribution in [2.75, 3.05) is 14.2 Å². The van der Waals surface area contributed by atoms with Crippen LogP contribution in [0, 0.1) is 5.92 Å². The van der Waals surface area contributed by atoms with Crippen LogP contribution in [0.3, 0.4) is 0 Å². The van der Waals surface area contributed by atoms with Gasteiger partial charge in [0, 0.05) is 26.6 Å². The van der Waals surface area contributed by atoms with Gasteiger partial charge in [-0.25, -0.2) is 0 Å². The summed E-state index contributed by atoms with van der Waals surface area (Å²) < 4.78 is 10.7. The molecular formula is C10H19NO4Si. The molecule has 0 spiro atoms. The summed E-state index contributed by atoms with van der Waals surface area (Å²) in [5, 5.41) is 2.31. The fourth-order valence-corrected chi connectivity index (χ4v) is 3.22. The van der Waals surface area contributed by atoms with E-state index in [1.807, 2.05) is 6.55 Å². The van der Waals surface area contributed by atoms with Gasteiger partial charge in [0.1, 0.15) is 0 Å². The van der Waals surface area contributed by atoms with Gasteiger partial charge in [-0.15, -0.1) is 0 Å². The first-order valence-corrected chi connectivity index (χ1v) is 7.97. The maximum Gasteiger partial charge on any atom is 0.334 e. The fourth-order valence-electron chi connectivity index (χ4n) is 1.80. The van der Waals surface area contributed by atoms with Crippen molar-refractivity contribution in [3.8, 4) is 0 Å². The number of hydrogen-bond donors (Lipinski definition) is 1. The summed E-state index contributed by atoms with van der Waals surface area (Å²) in [5.74, 6) is -0.448. The van der Waals surface area contributed by atoms with Crippen molar-refractivity contribution in [1.82, 2.24) is 5.32 Å². The van der Waals surface area contributed by atoms with Gasteiger partial charge in [-0.2, -0.15) is 0 Å². The van der Waals surface area contributed by atoms with Crippen LogP contribution in [-0.2, 0) is 18.4 Å². The lowest BCUT2D eigenvalue weighted by atomic mass is 10.0. The highest BCUT2D eigenvalue weighted by atomic mass is 28.4. The van der Waals surface area contributed by atoms with Crippen LogP contribution in [0.4, 0.5) is 0 Å². The molecule has 6 heteroatoms. The minimum Gasteiger partial charge on any atom is -0.398 e. The summed E-state index contributed by atoms with van der Waals surface area (Å²) in [7, 11) is 1.28. The minimum absolute atomic E-state index is 0.136. The zero-order chi connectivity index (χ0) is 12.2. The molecule has 2 amide bonds. The molecule has 1 aliphatic heterocycles. The molecule has 1 heterocycles. The molecule has 0 aliphatic carbocycles. The second-order valence-electron chi connectivity index (χ2n) is 4.25. The number of imide groups is 1. The Morgan fingerprint density at radius 2 is 2.00 bits per heavy atom. The number of hydrogen-bond acceptors (Lipinski definition) is 4. The Bertz CT molecular complexity index is 278. The summed E-state index contributed by atoms with van der Waals surface area (Å²) in [5.41, 5.74) is 0. The summed E-state index contributed by atoms with van der Waals surface area (Å²) in [6.45, 7) is 1.99. The molecule has 1 atom stereocenters. The van der Waals surface area contributed by atoms with Crippen molar-refractivity contribution in [3.05, 3.63) is 0 Å². The van der Waals surface area contributed by atoms with Crippen molar-refractivity contribution in [3.63, 3.8) is 0 Å². The first-order valence-electron chi connectivity index (χ1n) is 5.45. The van der Waals surface area contributed by atoms with Crippen LogP contribution in [-0.4, -0.2) is 34.6 Å². The highest BCUT2D eigenvalue weighted by Gasteiger charge is 2.32. The number of carbonyl (C=O) groups is 2. The maximum atomic E-state index is 11.3. The Morgan fingerprint density at radius 1 is 1.38 bits per heavy atom. The van der Waals surface area contributed by atoms with Crippen molar-refractivity contribution in [1.29, 1.82) is 0 Å². The zero-order valence-corrected chi connectivity index (χ0v) is 11.0. The molecule has 0 aromatic heterocycles. The van der Waals surface area contributed by atoms with E-state index >= 15 is 0 Å². The van der Waals surface area contributed by atoms with Crippen molar-refractivity contribution < 1.29 is 18.4 Å². The molecule has 0 aromatic rings. The predicted molar refractivity (Wildman–Crippen MR) is 60.9 cm³/mol. The van der Waals surface area contributed by atoms with E-state index in [0.29, 0.717) is 6.42 Å². The van der Waals surface area contributed by atoms with Gasteiger partial charge in [-0.05, 0) is 19.0 Å². The van der Waals surface area contributed by atoms with E-state index in [2.05, 4.69) is 5.32 Å². The van der Waals surface area contributed by atoms with Crippen LogP contribution in [0.2, 0.25) is 12.6 Å². The number of carbonyl (C=O) groups excluding carboxylic acids is 2. The molecule has 1 unspecified atom stereocenters. The fraction of sp³-hybridized carbons (Fsp3) is 0.800. The van der Waals surface area contributed by atoms with Crippen molar-refractivity contribution in [2.24, 2.45) is 5.92 Å². The molecular weight excluding hydrogens is 226 g/mol. The van der Waals surface area contributed by atoms with E-state index in [1.165, 1.54) is 0 Å². The summed E-state index contributed by atoms with van der Waals surface area (Å²) in [6, 6.07) is 0.845. The van der Waals surface area contributed by atoms with Crippen LogP contribution >= 0.6 is 0 Å². The number of rotatable bonds is 6. The second-order valence-corrected chi connectivity index (χ2v) is 7.83. The van der Waals surface area contributed by atoms with E-state index in [1.54, 1.807) is 14.2 Å². The maximum absolute atomic E-state index is 11.3. The summed E-state index contributed by atoms with van der Waals surface area (Å²) in [4.78, 5) is 22.3. The zero-order valence-electron chi connectivity index (χ0n) is 10.0. The molecule has 0 aromatic carbocycles. The molecule has 1 fully saturated rings. The molecule has 1 rings (SSSR count). The third-order valence-corrected chi connectivity index (χ3v) is 6.10. The van der Waals surface area contributed by atoms with Crippen LogP contribution in [0.25, 0.3) is 0 Å². The van der Waals surface area contributed by atoms with Gasteiger partial charge in [0.05, 0.1) is 0 Å². The predicted octanol–water partition coefficient (Wildman–Crippen LogP) is 0.794. The minimum atomic E-state index is -2.02. The monoisotopic (exact) mass is 245 g/mol. The van der Waals surface area contributed by atoms with Crippen molar-refractivity contribution >= 4 is 20.4 Å². The third-order valence-electron chi connectivity index (χ3n) is 3.11. The molecule has 0 bridgehead atoms. The summed E-state index contributed by atoms with van der Waals surface area (Å²) >= 11 is 0.